The van der Waals surface area contributed by atoms with E-state index in [-0.39, 0.29) is 11.2 Å². The molecule has 132 valence electrons. The molecule has 0 radical (unpaired) electrons. The number of amides is 1. The number of aliphatic carboxylic acids is 1. The van der Waals surface area contributed by atoms with Crippen LogP contribution in [0, 0.1) is 0 Å². The zero-order chi connectivity index (χ0) is 18.2. The minimum atomic E-state index is -1.10. The summed E-state index contributed by atoms with van der Waals surface area (Å²) >= 11 is 0. The molecule has 1 saturated carbocycles. The Morgan fingerprint density at radius 2 is 1.88 bits per heavy atom. The maximum atomic E-state index is 12.6. The van der Waals surface area contributed by atoms with Gasteiger partial charge in [-0.05, 0) is 45.2 Å². The van der Waals surface area contributed by atoms with Crippen LogP contribution < -0.4 is 5.32 Å². The summed E-state index contributed by atoms with van der Waals surface area (Å²) in [5, 5.41) is 16.5. The third-order valence-electron chi connectivity index (χ3n) is 4.26. The van der Waals surface area contributed by atoms with Crippen LogP contribution >= 0.6 is 0 Å². The van der Waals surface area contributed by atoms with Crippen LogP contribution in [0.1, 0.15) is 67.3 Å². The van der Waals surface area contributed by atoms with E-state index in [1.807, 2.05) is 25.5 Å². The monoisotopic (exact) mass is 341 g/mol. The number of carbonyl (C=O) groups is 2. The number of carbonyl (C=O) groups excluding carboxylic acids is 1. The van der Waals surface area contributed by atoms with Gasteiger partial charge in [0.15, 0.2) is 11.7 Å². The zero-order valence-electron chi connectivity index (χ0n) is 14.7. The highest BCUT2D eigenvalue weighted by molar-refractivity contribution is 5.95. The van der Waals surface area contributed by atoms with Gasteiger partial charge in [0.05, 0.1) is 5.54 Å². The van der Waals surface area contributed by atoms with E-state index >= 15 is 0 Å². The highest BCUT2D eigenvalue weighted by Crippen LogP contribution is 2.41. The van der Waals surface area contributed by atoms with Crippen LogP contribution in [0.4, 0.5) is 0 Å². The number of rotatable bonds is 5. The quantitative estimate of drug-likeness (QED) is 0.875. The fourth-order valence-corrected chi connectivity index (χ4v) is 2.85. The van der Waals surface area contributed by atoms with E-state index in [0.717, 1.165) is 18.5 Å². The van der Waals surface area contributed by atoms with Crippen LogP contribution in [0.3, 0.4) is 0 Å². The summed E-state index contributed by atoms with van der Waals surface area (Å²) in [6.45, 7) is 6.12. The average molecular weight is 341 g/mol. The van der Waals surface area contributed by atoms with Crippen molar-refractivity contribution in [1.82, 2.24) is 15.1 Å². The summed E-state index contributed by atoms with van der Waals surface area (Å²) in [7, 11) is 0. The van der Waals surface area contributed by atoms with Gasteiger partial charge in [0.2, 0.25) is 0 Å². The van der Waals surface area contributed by atoms with Gasteiger partial charge >= 0.3 is 5.97 Å². The molecule has 1 amide bonds. The second-order valence-corrected chi connectivity index (χ2v) is 7.47. The van der Waals surface area contributed by atoms with Gasteiger partial charge in [-0.3, -0.25) is 9.48 Å². The lowest BCUT2D eigenvalue weighted by molar-refractivity contribution is -0.139. The van der Waals surface area contributed by atoms with Crippen LogP contribution in [0.15, 0.2) is 36.4 Å². The maximum Gasteiger partial charge on any atom is 0.330 e. The molecular weight excluding hydrogens is 318 g/mol. The summed E-state index contributed by atoms with van der Waals surface area (Å²) in [5.74, 6) is -1.13. The first-order valence-electron chi connectivity index (χ1n) is 8.46. The van der Waals surface area contributed by atoms with Gasteiger partial charge in [0, 0.05) is 11.6 Å². The molecule has 0 aliphatic heterocycles. The number of hydrogen-bond donors (Lipinski definition) is 2. The van der Waals surface area contributed by atoms with Crippen LogP contribution in [0.25, 0.3) is 0 Å². The van der Waals surface area contributed by atoms with Crippen LogP contribution in [0.5, 0.6) is 0 Å². The van der Waals surface area contributed by atoms with Crippen molar-refractivity contribution in [3.05, 3.63) is 53.3 Å². The lowest BCUT2D eigenvalue weighted by atomic mass is 10.1. The van der Waals surface area contributed by atoms with Gasteiger partial charge in [-0.2, -0.15) is 5.10 Å². The molecule has 2 N–H and O–H groups in total. The maximum absolute atomic E-state index is 12.6. The predicted molar refractivity (Wildman–Crippen MR) is 93.5 cm³/mol. The number of nitrogens with zero attached hydrogens (tertiary/aromatic N) is 2. The van der Waals surface area contributed by atoms with E-state index in [4.69, 9.17) is 0 Å². The van der Waals surface area contributed by atoms with Crippen molar-refractivity contribution in [2.24, 2.45) is 0 Å². The number of benzene rings is 1. The molecule has 3 rings (SSSR count). The van der Waals surface area contributed by atoms with Crippen molar-refractivity contribution in [3.63, 3.8) is 0 Å². The second-order valence-electron chi connectivity index (χ2n) is 7.47. The van der Waals surface area contributed by atoms with Crippen LogP contribution in [-0.2, 0) is 10.3 Å². The summed E-state index contributed by atoms with van der Waals surface area (Å²) in [4.78, 5) is 24.2. The largest absolute Gasteiger partial charge is 0.479 e. The van der Waals surface area contributed by atoms with Crippen LogP contribution in [0.2, 0.25) is 0 Å². The number of nitrogens with one attached hydrogen (secondary N) is 1. The van der Waals surface area contributed by atoms with E-state index in [2.05, 4.69) is 10.4 Å². The molecule has 0 bridgehead atoms. The molecule has 1 heterocycles. The number of carboxylic acids is 1. The van der Waals surface area contributed by atoms with Crippen molar-refractivity contribution in [1.29, 1.82) is 0 Å². The van der Waals surface area contributed by atoms with Crippen molar-refractivity contribution in [2.45, 2.75) is 51.1 Å². The third-order valence-corrected chi connectivity index (χ3v) is 4.26. The Labute approximate surface area is 146 Å². The van der Waals surface area contributed by atoms with Crippen molar-refractivity contribution < 1.29 is 14.7 Å². The molecule has 1 atom stereocenters. The molecule has 6 heteroatoms. The fraction of sp³-hybridized carbons (Fsp3) is 0.421. The second kappa shape index (κ2) is 6.35. The van der Waals surface area contributed by atoms with Gasteiger partial charge in [0.25, 0.3) is 5.91 Å². The molecule has 1 aliphatic rings. The van der Waals surface area contributed by atoms with E-state index in [9.17, 15) is 14.7 Å². The minimum Gasteiger partial charge on any atom is -0.479 e. The number of aromatic nitrogens is 2. The highest BCUT2D eigenvalue weighted by Gasteiger charge is 2.33. The first kappa shape index (κ1) is 17.2. The molecular formula is C19H23N3O3. The summed E-state index contributed by atoms with van der Waals surface area (Å²) in [5.41, 5.74) is 1.60. The molecule has 1 aliphatic carbocycles. The predicted octanol–water partition coefficient (Wildman–Crippen LogP) is 3.07. The minimum absolute atomic E-state index is 0.234. The Balaban J connectivity index is 1.86. The van der Waals surface area contributed by atoms with Gasteiger partial charge in [-0.1, -0.05) is 30.3 Å². The van der Waals surface area contributed by atoms with Crippen molar-refractivity contribution in [3.8, 4) is 0 Å². The molecule has 1 fully saturated rings. The summed E-state index contributed by atoms with van der Waals surface area (Å²) < 4.78 is 1.89. The Hall–Kier alpha value is -2.63. The van der Waals surface area contributed by atoms with Gasteiger partial charge < -0.3 is 10.4 Å². The first-order valence-corrected chi connectivity index (χ1v) is 8.46. The zero-order valence-corrected chi connectivity index (χ0v) is 14.7. The average Bonchev–Trinajstić information content (AvgIpc) is 3.29. The topological polar surface area (TPSA) is 84.2 Å². The van der Waals surface area contributed by atoms with Crippen LogP contribution in [-0.4, -0.2) is 26.8 Å². The lowest BCUT2D eigenvalue weighted by Crippen LogP contribution is -2.34. The lowest BCUT2D eigenvalue weighted by Gasteiger charge is -2.22. The van der Waals surface area contributed by atoms with E-state index < -0.39 is 17.9 Å². The summed E-state index contributed by atoms with van der Waals surface area (Å²) in [6, 6.07) is 9.36. The summed E-state index contributed by atoms with van der Waals surface area (Å²) in [6.07, 6.45) is 2.20. The van der Waals surface area contributed by atoms with Gasteiger partial charge in [0.1, 0.15) is 0 Å². The molecule has 1 aromatic heterocycles. The van der Waals surface area contributed by atoms with Gasteiger partial charge in [-0.25, -0.2) is 4.79 Å². The van der Waals surface area contributed by atoms with Crippen molar-refractivity contribution in [2.75, 3.05) is 0 Å². The molecule has 1 unspecified atom stereocenters. The Kier molecular flexibility index (Phi) is 4.37. The van der Waals surface area contributed by atoms with Crippen molar-refractivity contribution >= 4 is 11.9 Å². The van der Waals surface area contributed by atoms with E-state index in [0.29, 0.717) is 11.5 Å². The Morgan fingerprint density at radius 3 is 2.40 bits per heavy atom. The SMILES string of the molecule is CC(C)(C)n1nc(C(=O)NC(C(=O)O)c2ccccc2)cc1C1CC1. The third kappa shape index (κ3) is 3.73. The highest BCUT2D eigenvalue weighted by atomic mass is 16.4. The number of carboxylic acid groups (broad SMARTS) is 1. The molecule has 0 saturated heterocycles. The molecule has 25 heavy (non-hydrogen) atoms. The fourth-order valence-electron chi connectivity index (χ4n) is 2.85. The standard InChI is InChI=1S/C19H23N3O3/c1-19(2,3)22-15(12-9-10-12)11-14(21-22)17(23)20-16(18(24)25)13-7-5-4-6-8-13/h4-8,11-12,16H,9-10H2,1-3H3,(H,20,23)(H,24,25). The first-order chi connectivity index (χ1) is 11.8. The Morgan fingerprint density at radius 1 is 1.24 bits per heavy atom. The molecule has 2 aromatic rings. The smallest absolute Gasteiger partial charge is 0.330 e. The normalized spacial score (nSPS) is 15.6. The van der Waals surface area contributed by atoms with E-state index in [1.165, 1.54) is 0 Å². The van der Waals surface area contributed by atoms with Gasteiger partial charge in [-0.15, -0.1) is 0 Å². The van der Waals surface area contributed by atoms with E-state index in [1.54, 1.807) is 36.4 Å². The molecule has 6 nitrogen and oxygen atoms in total. The molecule has 1 aromatic carbocycles. The number of hydrogen-bond acceptors (Lipinski definition) is 3. The Bertz CT molecular complexity index is 786. The molecule has 0 spiro atoms.